The van der Waals surface area contributed by atoms with Crippen molar-refractivity contribution in [2.75, 3.05) is 16.8 Å². The summed E-state index contributed by atoms with van der Waals surface area (Å²) in [4.78, 5) is 13.2. The molecule has 0 aromatic heterocycles. The van der Waals surface area contributed by atoms with Crippen molar-refractivity contribution in [2.24, 2.45) is 0 Å². The van der Waals surface area contributed by atoms with E-state index in [-0.39, 0.29) is 12.7 Å². The lowest BCUT2D eigenvalue weighted by Gasteiger charge is -2.35. The molecule has 4 rings (SSSR count). The molecule has 2 aromatic carbocycles. The van der Waals surface area contributed by atoms with Gasteiger partial charge in [-0.15, -0.1) is 0 Å². The average molecular weight is 278 g/mol. The zero-order valence-electron chi connectivity index (χ0n) is 11.3. The minimum Gasteiger partial charge on any atom is -0.480 e. The zero-order valence-corrected chi connectivity index (χ0v) is 11.3. The molecule has 4 nitrogen and oxygen atoms in total. The number of nitrogens with zero attached hydrogens (tertiary/aromatic N) is 1. The molecule has 0 fully saturated rings. The Morgan fingerprint density at radius 2 is 1.90 bits per heavy atom. The van der Waals surface area contributed by atoms with Gasteiger partial charge in [-0.3, -0.25) is 4.79 Å². The van der Waals surface area contributed by atoms with E-state index in [0.29, 0.717) is 0 Å². The standard InChI is InChI=1S/C17H14N2O2/c20-16(21)10-19-15-8-4-1-5-11(15)9-13-12-6-2-3-7-14(12)18-17(13)19/h1-9,17-18H,10H2,(H,20,21). The summed E-state index contributed by atoms with van der Waals surface area (Å²) in [6, 6.07) is 16.0. The molecule has 2 aromatic rings. The molecule has 2 N–H and O–H groups in total. The number of aliphatic carboxylic acids is 1. The van der Waals surface area contributed by atoms with Gasteiger partial charge in [0.05, 0.1) is 0 Å². The fraction of sp³-hybridized carbons (Fsp3) is 0.118. The molecule has 0 saturated heterocycles. The Morgan fingerprint density at radius 1 is 1.14 bits per heavy atom. The third kappa shape index (κ3) is 1.80. The molecule has 1 unspecified atom stereocenters. The maximum Gasteiger partial charge on any atom is 0.323 e. The largest absolute Gasteiger partial charge is 0.480 e. The van der Waals surface area contributed by atoms with Crippen LogP contribution in [-0.4, -0.2) is 23.8 Å². The number of para-hydroxylation sites is 2. The van der Waals surface area contributed by atoms with Crippen molar-refractivity contribution in [3.8, 4) is 0 Å². The first kappa shape index (κ1) is 12.0. The summed E-state index contributed by atoms with van der Waals surface area (Å²) < 4.78 is 0. The van der Waals surface area contributed by atoms with Gasteiger partial charge in [-0.1, -0.05) is 36.4 Å². The van der Waals surface area contributed by atoms with E-state index >= 15 is 0 Å². The van der Waals surface area contributed by atoms with Crippen LogP contribution in [0.5, 0.6) is 0 Å². The molecule has 0 radical (unpaired) electrons. The molecule has 0 aliphatic carbocycles. The summed E-state index contributed by atoms with van der Waals surface area (Å²) in [7, 11) is 0. The van der Waals surface area contributed by atoms with Gasteiger partial charge in [-0.2, -0.15) is 0 Å². The Labute approximate surface area is 122 Å². The van der Waals surface area contributed by atoms with Crippen LogP contribution in [0.4, 0.5) is 11.4 Å². The molecule has 2 heterocycles. The minimum atomic E-state index is -0.830. The highest BCUT2D eigenvalue weighted by Crippen LogP contribution is 2.43. The first-order valence-corrected chi connectivity index (χ1v) is 6.89. The Balaban J connectivity index is 1.88. The van der Waals surface area contributed by atoms with E-state index in [0.717, 1.165) is 28.1 Å². The van der Waals surface area contributed by atoms with Gasteiger partial charge in [0.2, 0.25) is 0 Å². The summed E-state index contributed by atoms with van der Waals surface area (Å²) in [6.45, 7) is -0.0278. The van der Waals surface area contributed by atoms with Crippen LogP contribution in [0, 0.1) is 0 Å². The van der Waals surface area contributed by atoms with Gasteiger partial charge in [0.15, 0.2) is 0 Å². The van der Waals surface area contributed by atoms with E-state index < -0.39 is 5.97 Å². The smallest absolute Gasteiger partial charge is 0.323 e. The maximum absolute atomic E-state index is 11.2. The lowest BCUT2D eigenvalue weighted by Crippen LogP contribution is -2.44. The Hall–Kier alpha value is -2.75. The minimum absolute atomic E-state index is 0.0278. The van der Waals surface area contributed by atoms with Gasteiger partial charge in [-0.25, -0.2) is 0 Å². The van der Waals surface area contributed by atoms with Crippen LogP contribution in [-0.2, 0) is 4.79 Å². The molecule has 0 saturated carbocycles. The molecular formula is C17H14N2O2. The normalized spacial score (nSPS) is 18.2. The second kappa shape index (κ2) is 4.38. The number of anilines is 2. The van der Waals surface area contributed by atoms with Gasteiger partial charge >= 0.3 is 5.97 Å². The van der Waals surface area contributed by atoms with Gasteiger partial charge in [0.1, 0.15) is 12.7 Å². The lowest BCUT2D eigenvalue weighted by atomic mass is 9.96. The van der Waals surface area contributed by atoms with Crippen LogP contribution < -0.4 is 10.2 Å². The number of fused-ring (bicyclic) bond motifs is 4. The Bertz CT molecular complexity index is 767. The van der Waals surface area contributed by atoms with Crippen LogP contribution in [0.2, 0.25) is 0 Å². The SMILES string of the molecule is O=C(O)CN1c2ccccc2C=C2c3ccccc3NC21. The van der Waals surface area contributed by atoms with Crippen molar-refractivity contribution in [3.63, 3.8) is 0 Å². The summed E-state index contributed by atoms with van der Waals surface area (Å²) in [5.41, 5.74) is 5.34. The first-order valence-electron chi connectivity index (χ1n) is 6.89. The van der Waals surface area contributed by atoms with E-state index in [9.17, 15) is 9.90 Å². The maximum atomic E-state index is 11.2. The molecule has 2 aliphatic rings. The number of hydrogen-bond acceptors (Lipinski definition) is 3. The van der Waals surface area contributed by atoms with E-state index in [4.69, 9.17) is 0 Å². The van der Waals surface area contributed by atoms with Crippen molar-refractivity contribution in [1.82, 2.24) is 0 Å². The lowest BCUT2D eigenvalue weighted by molar-refractivity contribution is -0.135. The van der Waals surface area contributed by atoms with Crippen LogP contribution in [0.25, 0.3) is 11.6 Å². The number of carboxylic acids is 1. The van der Waals surface area contributed by atoms with Crippen LogP contribution in [0.15, 0.2) is 48.5 Å². The van der Waals surface area contributed by atoms with Crippen molar-refractivity contribution in [3.05, 3.63) is 59.7 Å². The zero-order chi connectivity index (χ0) is 14.4. The second-order valence-electron chi connectivity index (χ2n) is 5.27. The predicted molar refractivity (Wildman–Crippen MR) is 83.1 cm³/mol. The number of carbonyl (C=O) groups is 1. The van der Waals surface area contributed by atoms with Crippen LogP contribution in [0.3, 0.4) is 0 Å². The highest BCUT2D eigenvalue weighted by molar-refractivity contribution is 6.01. The second-order valence-corrected chi connectivity index (χ2v) is 5.27. The van der Waals surface area contributed by atoms with Gasteiger partial charge in [0, 0.05) is 22.5 Å². The molecule has 0 bridgehead atoms. The van der Waals surface area contributed by atoms with E-state index in [2.05, 4.69) is 17.5 Å². The number of hydrogen-bond donors (Lipinski definition) is 2. The molecule has 104 valence electrons. The third-order valence-electron chi connectivity index (χ3n) is 4.00. The predicted octanol–water partition coefficient (Wildman–Crippen LogP) is 2.88. The van der Waals surface area contributed by atoms with Crippen molar-refractivity contribution < 1.29 is 9.90 Å². The van der Waals surface area contributed by atoms with Crippen LogP contribution >= 0.6 is 0 Å². The molecule has 0 spiro atoms. The summed E-state index contributed by atoms with van der Waals surface area (Å²) >= 11 is 0. The van der Waals surface area contributed by atoms with Crippen molar-refractivity contribution >= 4 is 29.0 Å². The Morgan fingerprint density at radius 3 is 2.76 bits per heavy atom. The van der Waals surface area contributed by atoms with E-state index in [1.165, 1.54) is 0 Å². The number of rotatable bonds is 2. The molecular weight excluding hydrogens is 264 g/mol. The molecule has 0 amide bonds. The van der Waals surface area contributed by atoms with Crippen molar-refractivity contribution in [2.45, 2.75) is 6.17 Å². The molecule has 1 atom stereocenters. The summed E-state index contributed by atoms with van der Waals surface area (Å²) in [6.07, 6.45) is 2.03. The molecule has 4 heteroatoms. The van der Waals surface area contributed by atoms with Gasteiger partial charge in [0.25, 0.3) is 0 Å². The molecule has 2 aliphatic heterocycles. The topological polar surface area (TPSA) is 52.6 Å². The fourth-order valence-corrected chi connectivity index (χ4v) is 3.14. The highest BCUT2D eigenvalue weighted by atomic mass is 16.4. The van der Waals surface area contributed by atoms with E-state index in [1.54, 1.807) is 0 Å². The summed E-state index contributed by atoms with van der Waals surface area (Å²) in [5, 5.41) is 12.7. The quantitative estimate of drug-likeness (QED) is 0.887. The molecule has 21 heavy (non-hydrogen) atoms. The number of benzene rings is 2. The fourth-order valence-electron chi connectivity index (χ4n) is 3.14. The first-order chi connectivity index (χ1) is 10.2. The van der Waals surface area contributed by atoms with Crippen LogP contribution in [0.1, 0.15) is 11.1 Å². The van der Waals surface area contributed by atoms with Crippen molar-refractivity contribution in [1.29, 1.82) is 0 Å². The average Bonchev–Trinajstić information content (AvgIpc) is 2.85. The van der Waals surface area contributed by atoms with E-state index in [1.807, 2.05) is 47.4 Å². The summed E-state index contributed by atoms with van der Waals surface area (Å²) in [5.74, 6) is -0.830. The Kier molecular flexibility index (Phi) is 2.51. The monoisotopic (exact) mass is 278 g/mol. The third-order valence-corrected chi connectivity index (χ3v) is 4.00. The number of nitrogens with one attached hydrogen (secondary N) is 1. The number of carboxylic acid groups (broad SMARTS) is 1. The van der Waals surface area contributed by atoms with Gasteiger partial charge < -0.3 is 15.3 Å². The highest BCUT2D eigenvalue weighted by Gasteiger charge is 2.35. The van der Waals surface area contributed by atoms with Gasteiger partial charge in [-0.05, 0) is 23.8 Å².